The maximum absolute atomic E-state index is 13.1. The van der Waals surface area contributed by atoms with E-state index in [0.717, 1.165) is 12.8 Å². The van der Waals surface area contributed by atoms with Crippen molar-refractivity contribution in [2.45, 2.75) is 25.8 Å². The molecule has 1 fully saturated rings. The molecule has 2 rings (SSSR count). The van der Waals surface area contributed by atoms with Gasteiger partial charge in [0.2, 0.25) is 0 Å². The molecule has 0 heterocycles. The standard InChI is InChI=1S/C13H13F2NO3/c1-6(7-2-3-7)16-12(17)8-4-10(14)11(15)5-9(8)13(18)19/h4-7H,2-3H2,1H3,(H,16,17)(H,18,19). The predicted octanol–water partition coefficient (Wildman–Crippen LogP) is 2.19. The number of hydrogen-bond donors (Lipinski definition) is 2. The molecule has 1 aliphatic rings. The lowest BCUT2D eigenvalue weighted by atomic mass is 10.1. The van der Waals surface area contributed by atoms with Crippen LogP contribution in [0, 0.1) is 17.6 Å². The van der Waals surface area contributed by atoms with Crippen LogP contribution in [-0.4, -0.2) is 23.0 Å². The largest absolute Gasteiger partial charge is 0.478 e. The number of carbonyl (C=O) groups excluding carboxylic acids is 1. The van der Waals surface area contributed by atoms with Gasteiger partial charge in [-0.3, -0.25) is 4.79 Å². The Kier molecular flexibility index (Phi) is 3.50. The van der Waals surface area contributed by atoms with Crippen molar-refractivity contribution >= 4 is 11.9 Å². The van der Waals surface area contributed by atoms with Crippen molar-refractivity contribution in [1.82, 2.24) is 5.32 Å². The first-order chi connectivity index (χ1) is 8.90. The molecule has 0 aromatic heterocycles. The van der Waals surface area contributed by atoms with E-state index in [0.29, 0.717) is 18.1 Å². The Bertz CT molecular complexity index is 541. The summed E-state index contributed by atoms with van der Waals surface area (Å²) >= 11 is 0. The molecule has 6 heteroatoms. The molecule has 19 heavy (non-hydrogen) atoms. The zero-order valence-corrected chi connectivity index (χ0v) is 10.2. The fourth-order valence-corrected chi connectivity index (χ4v) is 1.91. The summed E-state index contributed by atoms with van der Waals surface area (Å²) in [6, 6.07) is 1.03. The van der Waals surface area contributed by atoms with Gasteiger partial charge in [-0.15, -0.1) is 0 Å². The van der Waals surface area contributed by atoms with Crippen LogP contribution in [0.2, 0.25) is 0 Å². The molecule has 0 saturated heterocycles. The Labute approximate surface area is 108 Å². The molecule has 1 aliphatic carbocycles. The highest BCUT2D eigenvalue weighted by atomic mass is 19.2. The molecule has 2 N–H and O–H groups in total. The van der Waals surface area contributed by atoms with Crippen LogP contribution in [0.25, 0.3) is 0 Å². The van der Waals surface area contributed by atoms with Crippen molar-refractivity contribution in [2.75, 3.05) is 0 Å². The minimum atomic E-state index is -1.47. The summed E-state index contributed by atoms with van der Waals surface area (Å²) in [5.74, 6) is -4.32. The Morgan fingerprint density at radius 2 is 1.79 bits per heavy atom. The molecule has 102 valence electrons. The molecular formula is C13H13F2NO3. The van der Waals surface area contributed by atoms with Crippen LogP contribution in [0.15, 0.2) is 12.1 Å². The lowest BCUT2D eigenvalue weighted by molar-refractivity contribution is 0.0689. The number of hydrogen-bond acceptors (Lipinski definition) is 2. The molecule has 1 aromatic rings. The van der Waals surface area contributed by atoms with E-state index in [1.807, 2.05) is 0 Å². The van der Waals surface area contributed by atoms with E-state index in [2.05, 4.69) is 5.32 Å². The predicted molar refractivity (Wildman–Crippen MR) is 63.0 cm³/mol. The van der Waals surface area contributed by atoms with Crippen molar-refractivity contribution in [2.24, 2.45) is 5.92 Å². The SMILES string of the molecule is CC(NC(=O)c1cc(F)c(F)cc1C(=O)O)C1CC1. The van der Waals surface area contributed by atoms with Gasteiger partial charge in [-0.25, -0.2) is 13.6 Å². The molecule has 1 unspecified atom stereocenters. The van der Waals surface area contributed by atoms with Gasteiger partial charge in [-0.05, 0) is 37.8 Å². The van der Waals surface area contributed by atoms with Gasteiger partial charge in [-0.1, -0.05) is 0 Å². The van der Waals surface area contributed by atoms with Gasteiger partial charge in [0.05, 0.1) is 11.1 Å². The van der Waals surface area contributed by atoms with Crippen molar-refractivity contribution < 1.29 is 23.5 Å². The number of benzene rings is 1. The Balaban J connectivity index is 2.28. The van der Waals surface area contributed by atoms with Gasteiger partial charge in [0.15, 0.2) is 11.6 Å². The van der Waals surface area contributed by atoms with Gasteiger partial charge in [0.1, 0.15) is 0 Å². The summed E-state index contributed by atoms with van der Waals surface area (Å²) in [7, 11) is 0. The van der Waals surface area contributed by atoms with Crippen LogP contribution in [-0.2, 0) is 0 Å². The van der Waals surface area contributed by atoms with Crippen molar-refractivity contribution in [1.29, 1.82) is 0 Å². The average molecular weight is 269 g/mol. The van der Waals surface area contributed by atoms with Crippen LogP contribution < -0.4 is 5.32 Å². The quantitative estimate of drug-likeness (QED) is 0.880. The van der Waals surface area contributed by atoms with Crippen LogP contribution in [0.5, 0.6) is 0 Å². The number of carbonyl (C=O) groups is 2. The molecule has 1 amide bonds. The van der Waals surface area contributed by atoms with Crippen molar-refractivity contribution in [3.05, 3.63) is 34.9 Å². The molecule has 1 saturated carbocycles. The Hall–Kier alpha value is -1.98. The Morgan fingerprint density at radius 1 is 1.26 bits per heavy atom. The fraction of sp³-hybridized carbons (Fsp3) is 0.385. The third kappa shape index (κ3) is 2.89. The molecule has 4 nitrogen and oxygen atoms in total. The lowest BCUT2D eigenvalue weighted by Gasteiger charge is -2.14. The zero-order chi connectivity index (χ0) is 14.2. The zero-order valence-electron chi connectivity index (χ0n) is 10.2. The number of carboxylic acids is 1. The summed E-state index contributed by atoms with van der Waals surface area (Å²) in [6.45, 7) is 1.80. The second kappa shape index (κ2) is 4.95. The third-order valence-corrected chi connectivity index (χ3v) is 3.22. The first kappa shape index (κ1) is 13.5. The molecule has 1 atom stereocenters. The molecular weight excluding hydrogens is 256 g/mol. The first-order valence-electron chi connectivity index (χ1n) is 5.93. The van der Waals surface area contributed by atoms with E-state index in [1.165, 1.54) is 0 Å². The highest BCUT2D eigenvalue weighted by molar-refractivity contribution is 6.04. The number of rotatable bonds is 4. The second-order valence-corrected chi connectivity index (χ2v) is 4.72. The highest BCUT2D eigenvalue weighted by Gasteiger charge is 2.30. The first-order valence-corrected chi connectivity index (χ1v) is 5.93. The van der Waals surface area contributed by atoms with Crippen molar-refractivity contribution in [3.8, 4) is 0 Å². The normalized spacial score (nSPS) is 15.9. The highest BCUT2D eigenvalue weighted by Crippen LogP contribution is 2.32. The van der Waals surface area contributed by atoms with Crippen LogP contribution in [0.4, 0.5) is 8.78 Å². The van der Waals surface area contributed by atoms with Gasteiger partial charge in [0, 0.05) is 6.04 Å². The number of nitrogens with one attached hydrogen (secondary N) is 1. The van der Waals surface area contributed by atoms with Gasteiger partial charge in [0.25, 0.3) is 5.91 Å². The molecule has 0 aliphatic heterocycles. The maximum atomic E-state index is 13.1. The summed E-state index contributed by atoms with van der Waals surface area (Å²) in [6.07, 6.45) is 2.01. The summed E-state index contributed by atoms with van der Waals surface area (Å²) in [4.78, 5) is 22.9. The average Bonchev–Trinajstić information content (AvgIpc) is 3.15. The monoisotopic (exact) mass is 269 g/mol. The van der Waals surface area contributed by atoms with E-state index in [1.54, 1.807) is 6.92 Å². The number of amides is 1. The van der Waals surface area contributed by atoms with E-state index in [-0.39, 0.29) is 11.6 Å². The van der Waals surface area contributed by atoms with Gasteiger partial charge in [-0.2, -0.15) is 0 Å². The maximum Gasteiger partial charge on any atom is 0.336 e. The topological polar surface area (TPSA) is 66.4 Å². The smallest absolute Gasteiger partial charge is 0.336 e. The van der Waals surface area contributed by atoms with E-state index in [4.69, 9.17) is 5.11 Å². The number of carboxylic acid groups (broad SMARTS) is 1. The van der Waals surface area contributed by atoms with Crippen LogP contribution >= 0.6 is 0 Å². The number of aromatic carboxylic acids is 1. The minimum Gasteiger partial charge on any atom is -0.478 e. The molecule has 0 spiro atoms. The van der Waals surface area contributed by atoms with Crippen LogP contribution in [0.3, 0.4) is 0 Å². The molecule has 0 radical (unpaired) electrons. The Morgan fingerprint density at radius 3 is 2.26 bits per heavy atom. The van der Waals surface area contributed by atoms with E-state index in [9.17, 15) is 18.4 Å². The molecule has 0 bridgehead atoms. The fourth-order valence-electron chi connectivity index (χ4n) is 1.91. The van der Waals surface area contributed by atoms with Crippen LogP contribution in [0.1, 0.15) is 40.5 Å². The van der Waals surface area contributed by atoms with Gasteiger partial charge < -0.3 is 10.4 Å². The van der Waals surface area contributed by atoms with Gasteiger partial charge >= 0.3 is 5.97 Å². The summed E-state index contributed by atoms with van der Waals surface area (Å²) < 4.78 is 26.2. The second-order valence-electron chi connectivity index (χ2n) is 4.72. The van der Waals surface area contributed by atoms with E-state index >= 15 is 0 Å². The number of halogens is 2. The summed E-state index contributed by atoms with van der Waals surface area (Å²) in [5.41, 5.74) is -0.904. The lowest BCUT2D eigenvalue weighted by Crippen LogP contribution is -2.35. The third-order valence-electron chi connectivity index (χ3n) is 3.22. The molecule has 1 aromatic carbocycles. The van der Waals surface area contributed by atoms with Crippen molar-refractivity contribution in [3.63, 3.8) is 0 Å². The van der Waals surface area contributed by atoms with E-state index < -0.39 is 29.1 Å². The summed E-state index contributed by atoms with van der Waals surface area (Å²) in [5, 5.41) is 11.5. The minimum absolute atomic E-state index is 0.109.